The molecule has 0 aromatic heterocycles. The third-order valence-electron chi connectivity index (χ3n) is 6.16. The minimum absolute atomic E-state index is 0.256. The summed E-state index contributed by atoms with van der Waals surface area (Å²) in [5, 5.41) is 6.24. The SMILES string of the molecule is CCOC(=O)c1ccc2c(c1)NC(=O)/C2=C(/Nc1ccc(N(CCN(C)C)S(C)(=O)=O)cc1)c1ccccc1. The van der Waals surface area contributed by atoms with E-state index in [4.69, 9.17) is 4.74 Å². The van der Waals surface area contributed by atoms with E-state index in [0.29, 0.717) is 52.5 Å². The number of nitrogens with one attached hydrogen (secondary N) is 2. The first kappa shape index (κ1) is 27.9. The van der Waals surface area contributed by atoms with Gasteiger partial charge in [0.2, 0.25) is 10.0 Å². The summed E-state index contributed by atoms with van der Waals surface area (Å²) in [5.41, 5.74) is 4.56. The summed E-state index contributed by atoms with van der Waals surface area (Å²) in [4.78, 5) is 27.4. The van der Waals surface area contributed by atoms with E-state index in [9.17, 15) is 18.0 Å². The summed E-state index contributed by atoms with van der Waals surface area (Å²) in [6.07, 6.45) is 1.19. The number of benzene rings is 3. The lowest BCUT2D eigenvalue weighted by Gasteiger charge is -2.24. The van der Waals surface area contributed by atoms with Gasteiger partial charge in [0.1, 0.15) is 0 Å². The Bertz CT molecular complexity index is 1500. The van der Waals surface area contributed by atoms with E-state index in [1.54, 1.807) is 49.4 Å². The maximum absolute atomic E-state index is 13.2. The fourth-order valence-corrected chi connectivity index (χ4v) is 5.20. The Hall–Kier alpha value is -4.15. The van der Waals surface area contributed by atoms with Crippen molar-refractivity contribution >= 4 is 50.2 Å². The number of anilines is 3. The second-order valence-corrected chi connectivity index (χ2v) is 11.3. The molecule has 0 saturated carbocycles. The van der Waals surface area contributed by atoms with Gasteiger partial charge in [-0.3, -0.25) is 9.10 Å². The van der Waals surface area contributed by atoms with Crippen molar-refractivity contribution in [2.24, 2.45) is 0 Å². The van der Waals surface area contributed by atoms with Gasteiger partial charge < -0.3 is 20.3 Å². The molecule has 0 fully saturated rings. The molecule has 2 N–H and O–H groups in total. The molecule has 0 atom stereocenters. The predicted octanol–water partition coefficient (Wildman–Crippen LogP) is 4.12. The minimum Gasteiger partial charge on any atom is -0.462 e. The molecule has 0 aliphatic carbocycles. The largest absolute Gasteiger partial charge is 0.462 e. The Balaban J connectivity index is 1.72. The summed E-state index contributed by atoms with van der Waals surface area (Å²) in [5.74, 6) is -0.761. The highest BCUT2D eigenvalue weighted by Gasteiger charge is 2.29. The molecule has 0 unspecified atom stereocenters. The van der Waals surface area contributed by atoms with Gasteiger partial charge in [-0.05, 0) is 63.0 Å². The summed E-state index contributed by atoms with van der Waals surface area (Å²) in [7, 11) is 0.311. The standard InChI is InChI=1S/C29H32N4O5S/c1-5-38-29(35)21-11-16-24-25(19-21)31-28(34)26(24)27(20-9-7-6-8-10-20)30-22-12-14-23(15-13-22)33(39(4,36)37)18-17-32(2)3/h6-16,19,30H,5,17-18H2,1-4H3,(H,31,34)/b27-26+. The lowest BCUT2D eigenvalue weighted by atomic mass is 9.99. The number of rotatable bonds is 10. The van der Waals surface area contributed by atoms with Crippen LogP contribution in [0.4, 0.5) is 17.1 Å². The first-order valence-corrected chi connectivity index (χ1v) is 14.4. The second kappa shape index (κ2) is 11.7. The zero-order valence-corrected chi connectivity index (χ0v) is 23.2. The predicted molar refractivity (Wildman–Crippen MR) is 155 cm³/mol. The van der Waals surface area contributed by atoms with E-state index in [2.05, 4.69) is 10.6 Å². The van der Waals surface area contributed by atoms with Crippen molar-refractivity contribution in [1.29, 1.82) is 0 Å². The minimum atomic E-state index is -3.47. The molecule has 10 heteroatoms. The fraction of sp³-hybridized carbons (Fsp3) is 0.241. The first-order chi connectivity index (χ1) is 18.6. The van der Waals surface area contributed by atoms with E-state index in [-0.39, 0.29) is 12.5 Å². The zero-order chi connectivity index (χ0) is 28.2. The number of hydrogen-bond donors (Lipinski definition) is 2. The van der Waals surface area contributed by atoms with Crippen LogP contribution < -0.4 is 14.9 Å². The van der Waals surface area contributed by atoms with Crippen molar-refractivity contribution in [2.75, 3.05) is 55.0 Å². The maximum Gasteiger partial charge on any atom is 0.338 e. The third kappa shape index (κ3) is 6.47. The van der Waals surface area contributed by atoms with Crippen molar-refractivity contribution in [3.63, 3.8) is 0 Å². The summed E-state index contributed by atoms with van der Waals surface area (Å²) in [6, 6.07) is 21.5. The molecule has 0 spiro atoms. The zero-order valence-electron chi connectivity index (χ0n) is 22.4. The topological polar surface area (TPSA) is 108 Å². The van der Waals surface area contributed by atoms with Crippen LogP contribution in [-0.4, -0.2) is 65.2 Å². The molecule has 4 rings (SSSR count). The van der Waals surface area contributed by atoms with Gasteiger partial charge in [0.15, 0.2) is 0 Å². The number of esters is 1. The highest BCUT2D eigenvalue weighted by atomic mass is 32.2. The molecule has 1 aliphatic heterocycles. The number of hydrogen-bond acceptors (Lipinski definition) is 7. The van der Waals surface area contributed by atoms with Crippen molar-refractivity contribution in [3.8, 4) is 0 Å². The fourth-order valence-electron chi connectivity index (χ4n) is 4.28. The molecule has 1 aliphatic rings. The number of nitrogens with zero attached hydrogens (tertiary/aromatic N) is 2. The molecule has 1 heterocycles. The Morgan fingerprint density at radius 3 is 2.26 bits per heavy atom. The Morgan fingerprint density at radius 1 is 0.949 bits per heavy atom. The molecule has 3 aromatic carbocycles. The number of amides is 1. The van der Waals surface area contributed by atoms with Crippen molar-refractivity contribution in [1.82, 2.24) is 4.90 Å². The summed E-state index contributed by atoms with van der Waals surface area (Å²) >= 11 is 0. The van der Waals surface area contributed by atoms with E-state index >= 15 is 0 Å². The van der Waals surface area contributed by atoms with E-state index < -0.39 is 16.0 Å². The highest BCUT2D eigenvalue weighted by molar-refractivity contribution is 7.92. The average molecular weight is 549 g/mol. The summed E-state index contributed by atoms with van der Waals surface area (Å²) in [6.45, 7) is 2.89. The van der Waals surface area contributed by atoms with Crippen LogP contribution >= 0.6 is 0 Å². The first-order valence-electron chi connectivity index (χ1n) is 12.5. The third-order valence-corrected chi connectivity index (χ3v) is 7.36. The Kier molecular flexibility index (Phi) is 8.37. The monoisotopic (exact) mass is 548 g/mol. The molecular weight excluding hydrogens is 516 g/mol. The van der Waals surface area contributed by atoms with Gasteiger partial charge in [-0.1, -0.05) is 36.4 Å². The number of ether oxygens (including phenoxy) is 1. The number of carbonyl (C=O) groups is 2. The molecule has 1 amide bonds. The molecule has 0 saturated heterocycles. The van der Waals surface area contributed by atoms with Crippen LogP contribution in [0.5, 0.6) is 0 Å². The van der Waals surface area contributed by atoms with Crippen molar-refractivity contribution in [3.05, 3.63) is 89.5 Å². The maximum atomic E-state index is 13.2. The Labute approximate surface area is 229 Å². The van der Waals surface area contributed by atoms with Gasteiger partial charge in [-0.25, -0.2) is 13.2 Å². The lowest BCUT2D eigenvalue weighted by Crippen LogP contribution is -2.35. The van der Waals surface area contributed by atoms with Crippen LogP contribution in [0.1, 0.15) is 28.4 Å². The normalized spacial score (nSPS) is 14.0. The van der Waals surface area contributed by atoms with Crippen LogP contribution in [0, 0.1) is 0 Å². The van der Waals surface area contributed by atoms with Gasteiger partial charge in [-0.2, -0.15) is 0 Å². The smallest absolute Gasteiger partial charge is 0.338 e. The number of fused-ring (bicyclic) bond motifs is 1. The molecule has 204 valence electrons. The molecule has 9 nitrogen and oxygen atoms in total. The van der Waals surface area contributed by atoms with Gasteiger partial charge in [0.25, 0.3) is 5.91 Å². The van der Waals surface area contributed by atoms with Crippen LogP contribution in [0.2, 0.25) is 0 Å². The average Bonchev–Trinajstić information content (AvgIpc) is 3.22. The van der Waals surface area contributed by atoms with E-state index in [0.717, 1.165) is 5.56 Å². The van der Waals surface area contributed by atoms with Crippen molar-refractivity contribution < 1.29 is 22.7 Å². The van der Waals surface area contributed by atoms with Crippen LogP contribution in [0.25, 0.3) is 11.3 Å². The van der Waals surface area contributed by atoms with Crippen LogP contribution in [0.3, 0.4) is 0 Å². The van der Waals surface area contributed by atoms with Gasteiger partial charge in [0.05, 0.1) is 41.1 Å². The highest BCUT2D eigenvalue weighted by Crippen LogP contribution is 2.38. The van der Waals surface area contributed by atoms with E-state index in [1.807, 2.05) is 49.3 Å². The van der Waals surface area contributed by atoms with E-state index in [1.165, 1.54) is 10.6 Å². The second-order valence-electron chi connectivity index (χ2n) is 9.36. The lowest BCUT2D eigenvalue weighted by molar-refractivity contribution is -0.110. The van der Waals surface area contributed by atoms with Crippen LogP contribution in [-0.2, 0) is 19.6 Å². The number of likely N-dealkylation sites (N-methyl/N-ethyl adjacent to an activating group) is 1. The molecule has 0 radical (unpaired) electrons. The quantitative estimate of drug-likeness (QED) is 0.290. The molecule has 0 bridgehead atoms. The van der Waals surface area contributed by atoms with Crippen LogP contribution in [0.15, 0.2) is 72.8 Å². The molecule has 39 heavy (non-hydrogen) atoms. The number of carbonyl (C=O) groups excluding carboxylic acids is 2. The van der Waals surface area contributed by atoms with Gasteiger partial charge in [0, 0.05) is 24.3 Å². The number of sulfonamides is 1. The summed E-state index contributed by atoms with van der Waals surface area (Å²) < 4.78 is 31.3. The van der Waals surface area contributed by atoms with Gasteiger partial charge >= 0.3 is 5.97 Å². The molecular formula is C29H32N4O5S. The van der Waals surface area contributed by atoms with Crippen molar-refractivity contribution in [2.45, 2.75) is 6.92 Å². The Morgan fingerprint density at radius 2 is 1.64 bits per heavy atom. The molecule has 3 aromatic rings. The van der Waals surface area contributed by atoms with Gasteiger partial charge in [-0.15, -0.1) is 0 Å².